The lowest BCUT2D eigenvalue weighted by Gasteiger charge is -2.20. The number of carbonyl (C=O) groups excluding carboxylic acids is 1. The number of hydrogen-bond donors (Lipinski definition) is 2. The Morgan fingerprint density at radius 1 is 1.18 bits per heavy atom. The van der Waals surface area contributed by atoms with Crippen LogP contribution in [0.4, 0.5) is 5.69 Å². The molecule has 0 radical (unpaired) electrons. The minimum absolute atomic E-state index is 0.0480. The van der Waals surface area contributed by atoms with Crippen LogP contribution in [0.25, 0.3) is 0 Å². The molecule has 0 saturated heterocycles. The van der Waals surface area contributed by atoms with Gasteiger partial charge in [-0.05, 0) is 55.0 Å². The lowest BCUT2D eigenvalue weighted by atomic mass is 10.0. The molecule has 0 spiro atoms. The number of benzene rings is 2. The van der Waals surface area contributed by atoms with Crippen LogP contribution in [0, 0.1) is 0 Å². The van der Waals surface area contributed by atoms with E-state index in [-0.39, 0.29) is 18.5 Å². The van der Waals surface area contributed by atoms with Crippen LogP contribution in [-0.2, 0) is 4.79 Å². The maximum atomic E-state index is 13.2. The maximum absolute atomic E-state index is 13.2. The van der Waals surface area contributed by atoms with Crippen molar-refractivity contribution in [2.75, 3.05) is 26.1 Å². The first-order valence-electron chi connectivity index (χ1n) is 10.7. The fourth-order valence-corrected chi connectivity index (χ4v) is 3.78. The van der Waals surface area contributed by atoms with Gasteiger partial charge >= 0.3 is 0 Å². The van der Waals surface area contributed by atoms with E-state index in [0.29, 0.717) is 29.4 Å². The summed E-state index contributed by atoms with van der Waals surface area (Å²) in [7, 11) is 3.16. The Bertz CT molecular complexity index is 1200. The van der Waals surface area contributed by atoms with Crippen LogP contribution >= 0.6 is 0 Å². The third-order valence-corrected chi connectivity index (χ3v) is 5.65. The molecule has 9 nitrogen and oxygen atoms in total. The van der Waals surface area contributed by atoms with Crippen LogP contribution in [0.1, 0.15) is 36.3 Å². The van der Waals surface area contributed by atoms with Crippen molar-refractivity contribution in [2.24, 2.45) is 10.3 Å². The van der Waals surface area contributed by atoms with Crippen molar-refractivity contribution in [1.29, 1.82) is 0 Å². The molecule has 4 rings (SSSR count). The smallest absolute Gasteiger partial charge is 0.262 e. The minimum Gasteiger partial charge on any atom is -0.493 e. The van der Waals surface area contributed by atoms with Gasteiger partial charge in [0.15, 0.2) is 11.5 Å². The number of rotatable bonds is 8. The molecule has 176 valence electrons. The summed E-state index contributed by atoms with van der Waals surface area (Å²) in [5.74, 6) is 1.68. The summed E-state index contributed by atoms with van der Waals surface area (Å²) in [6, 6.07) is 16.1. The zero-order valence-corrected chi connectivity index (χ0v) is 19.2. The lowest BCUT2D eigenvalue weighted by molar-refractivity contribution is -0.131. The fourth-order valence-electron chi connectivity index (χ4n) is 3.78. The molecule has 1 amide bonds. The highest BCUT2D eigenvalue weighted by molar-refractivity contribution is 6.04. The van der Waals surface area contributed by atoms with Crippen LogP contribution < -0.4 is 14.8 Å². The normalized spacial score (nSPS) is 15.7. The number of carbonyl (C=O) groups is 1. The molecule has 2 aromatic carbocycles. The predicted octanol–water partition coefficient (Wildman–Crippen LogP) is 4.28. The summed E-state index contributed by atoms with van der Waals surface area (Å²) in [4.78, 5) is 13.2. The third kappa shape index (κ3) is 4.73. The van der Waals surface area contributed by atoms with Gasteiger partial charge in [0.2, 0.25) is 0 Å². The van der Waals surface area contributed by atoms with Gasteiger partial charge in [0, 0.05) is 17.7 Å². The Kier molecular flexibility index (Phi) is 6.82. The third-order valence-electron chi connectivity index (χ3n) is 5.65. The fraction of sp³-hybridized carbons (Fsp3) is 0.240. The van der Waals surface area contributed by atoms with Gasteiger partial charge in [-0.2, -0.15) is 5.10 Å². The van der Waals surface area contributed by atoms with Gasteiger partial charge in [0.05, 0.1) is 38.5 Å². The molecule has 9 heteroatoms. The van der Waals surface area contributed by atoms with E-state index < -0.39 is 0 Å². The molecule has 1 atom stereocenters. The Labute approximate surface area is 197 Å². The molecule has 1 unspecified atom stereocenters. The van der Waals surface area contributed by atoms with Gasteiger partial charge in [-0.15, -0.1) is 0 Å². The van der Waals surface area contributed by atoms with Crippen molar-refractivity contribution >= 4 is 23.0 Å². The lowest BCUT2D eigenvalue weighted by Crippen LogP contribution is -2.32. The van der Waals surface area contributed by atoms with Crippen molar-refractivity contribution in [1.82, 2.24) is 5.01 Å². The molecular formula is C25H26N4O5. The van der Waals surface area contributed by atoms with E-state index in [1.54, 1.807) is 33.5 Å². The number of nitrogens with one attached hydrogen (secondary N) is 1. The largest absolute Gasteiger partial charge is 0.493 e. The van der Waals surface area contributed by atoms with Crippen molar-refractivity contribution in [3.05, 3.63) is 77.7 Å². The predicted molar refractivity (Wildman–Crippen MR) is 128 cm³/mol. The number of amides is 1. The SMILES string of the molecule is COc1ccc(C2=NN(C(=O)CNc3ccc(/C(C)=N/O)cc3)C(c3ccco3)C2)cc1OC. The van der Waals surface area contributed by atoms with E-state index in [1.807, 2.05) is 48.5 Å². The second-order valence-electron chi connectivity index (χ2n) is 7.71. The van der Waals surface area contributed by atoms with Gasteiger partial charge in [-0.25, -0.2) is 5.01 Å². The molecule has 34 heavy (non-hydrogen) atoms. The van der Waals surface area contributed by atoms with E-state index in [9.17, 15) is 4.79 Å². The summed E-state index contributed by atoms with van der Waals surface area (Å²) >= 11 is 0. The van der Waals surface area contributed by atoms with E-state index in [4.69, 9.17) is 19.1 Å². The molecule has 2 heterocycles. The summed E-state index contributed by atoms with van der Waals surface area (Å²) < 4.78 is 16.3. The van der Waals surface area contributed by atoms with Crippen LogP contribution in [0.15, 0.2) is 75.5 Å². The number of anilines is 1. The average molecular weight is 463 g/mol. The van der Waals surface area contributed by atoms with E-state index >= 15 is 0 Å². The second-order valence-corrected chi connectivity index (χ2v) is 7.71. The van der Waals surface area contributed by atoms with Crippen LogP contribution in [0.3, 0.4) is 0 Å². The number of hydrazone groups is 1. The Hall–Kier alpha value is -4.27. The number of ether oxygens (including phenoxy) is 2. The maximum Gasteiger partial charge on any atom is 0.262 e. The molecule has 0 bridgehead atoms. The molecule has 2 N–H and O–H groups in total. The number of furan rings is 1. The zero-order chi connectivity index (χ0) is 24.1. The molecular weight excluding hydrogens is 436 g/mol. The van der Waals surface area contributed by atoms with E-state index in [0.717, 1.165) is 22.5 Å². The van der Waals surface area contributed by atoms with Gasteiger partial charge in [-0.3, -0.25) is 4.79 Å². The minimum atomic E-state index is -0.349. The highest BCUT2D eigenvalue weighted by atomic mass is 16.5. The van der Waals surface area contributed by atoms with E-state index in [2.05, 4.69) is 15.6 Å². The first kappa shape index (κ1) is 22.9. The second kappa shape index (κ2) is 10.1. The number of methoxy groups -OCH3 is 2. The molecule has 1 aromatic heterocycles. The Morgan fingerprint density at radius 2 is 1.94 bits per heavy atom. The van der Waals surface area contributed by atoms with Crippen molar-refractivity contribution in [2.45, 2.75) is 19.4 Å². The van der Waals surface area contributed by atoms with Gasteiger partial charge in [0.1, 0.15) is 11.8 Å². The van der Waals surface area contributed by atoms with Crippen LogP contribution in [-0.4, -0.2) is 48.3 Å². The quantitative estimate of drug-likeness (QED) is 0.294. The van der Waals surface area contributed by atoms with Crippen molar-refractivity contribution in [3.63, 3.8) is 0 Å². The van der Waals surface area contributed by atoms with E-state index in [1.165, 1.54) is 5.01 Å². The first-order chi connectivity index (χ1) is 16.5. The van der Waals surface area contributed by atoms with Crippen molar-refractivity contribution in [3.8, 4) is 11.5 Å². The highest BCUT2D eigenvalue weighted by Gasteiger charge is 2.35. The Morgan fingerprint density at radius 3 is 2.59 bits per heavy atom. The summed E-state index contributed by atoms with van der Waals surface area (Å²) in [5.41, 5.74) is 3.66. The molecule has 1 aliphatic heterocycles. The van der Waals surface area contributed by atoms with Gasteiger partial charge in [-0.1, -0.05) is 17.3 Å². The zero-order valence-electron chi connectivity index (χ0n) is 19.2. The molecule has 0 fully saturated rings. The van der Waals surface area contributed by atoms with Crippen LogP contribution in [0.5, 0.6) is 11.5 Å². The number of hydrogen-bond acceptors (Lipinski definition) is 8. The number of oxime groups is 1. The van der Waals surface area contributed by atoms with Crippen LogP contribution in [0.2, 0.25) is 0 Å². The molecule has 1 aliphatic rings. The first-order valence-corrected chi connectivity index (χ1v) is 10.7. The number of nitrogens with zero attached hydrogens (tertiary/aromatic N) is 3. The van der Waals surface area contributed by atoms with Crippen molar-refractivity contribution < 1.29 is 23.9 Å². The summed E-state index contributed by atoms with van der Waals surface area (Å²) in [5, 5.41) is 21.3. The average Bonchev–Trinajstić information content (AvgIpc) is 3.57. The monoisotopic (exact) mass is 462 g/mol. The molecule has 0 saturated carbocycles. The molecule has 3 aromatic rings. The Balaban J connectivity index is 1.53. The standard InChI is InChI=1S/C25H26N4O5/c1-16(28-31)17-6-9-19(10-7-17)26-15-25(30)29-21(22-5-4-12-34-22)14-20(27-29)18-8-11-23(32-2)24(13-18)33-3/h4-13,21,26,31H,14-15H2,1-3H3/b28-16+. The summed E-state index contributed by atoms with van der Waals surface area (Å²) in [6.07, 6.45) is 2.09. The topological polar surface area (TPSA) is 109 Å². The van der Waals surface area contributed by atoms with Gasteiger partial charge in [0.25, 0.3) is 5.91 Å². The summed E-state index contributed by atoms with van der Waals surface area (Å²) in [6.45, 7) is 1.76. The highest BCUT2D eigenvalue weighted by Crippen LogP contribution is 2.35. The molecule has 0 aliphatic carbocycles. The van der Waals surface area contributed by atoms with Gasteiger partial charge < -0.3 is 24.4 Å².